The minimum atomic E-state index is -1.16. The number of hydrogen-bond acceptors (Lipinski definition) is 7. The summed E-state index contributed by atoms with van der Waals surface area (Å²) in [6.07, 6.45) is 1.75. The number of anilines is 2. The number of aryl methyl sites for hydroxylation is 2. The molecule has 0 aliphatic rings. The number of carboxylic acid groups (broad SMARTS) is 2. The molecule has 2 unspecified atom stereocenters. The quantitative estimate of drug-likeness (QED) is 0.104. The fourth-order valence-corrected chi connectivity index (χ4v) is 4.62. The molecule has 1 amide bonds. The van der Waals surface area contributed by atoms with Gasteiger partial charge in [0.2, 0.25) is 5.91 Å². The van der Waals surface area contributed by atoms with Crippen molar-refractivity contribution in [1.82, 2.24) is 5.32 Å². The van der Waals surface area contributed by atoms with Gasteiger partial charge in [-0.2, -0.15) is 0 Å². The second-order valence-electron chi connectivity index (χ2n) is 11.1. The van der Waals surface area contributed by atoms with E-state index < -0.39 is 34.7 Å². The molecule has 0 spiro atoms. The number of benzene rings is 3. The molecule has 0 radical (unpaired) electrons. The summed E-state index contributed by atoms with van der Waals surface area (Å²) in [7, 11) is 0. The lowest BCUT2D eigenvalue weighted by molar-refractivity contribution is -0.403. The Kier molecular flexibility index (Phi) is 12.0. The highest BCUT2D eigenvalue weighted by Crippen LogP contribution is 2.27. The third-order valence-corrected chi connectivity index (χ3v) is 6.89. The molecule has 0 saturated carbocycles. The van der Waals surface area contributed by atoms with Crippen molar-refractivity contribution in [2.75, 3.05) is 10.6 Å². The lowest BCUT2D eigenvalue weighted by Crippen LogP contribution is -2.44. The Labute approximate surface area is 256 Å². The standard InChI is InChI=1S/C33H38N4O7/c1-21(2)18-28(32(40)36-29(33(41)42)19-24-8-6-23(7-9-24)10-17-31(38)39)25-11-15-27(16-12-25)35-30(20-37(43)44)34-26-13-4-22(3)5-14-26/h4-9,11-16,20-21,28-29,34-35H,10,17-19H2,1-3H3,(H,36,40)(H,38,39)(H,41,42). The lowest BCUT2D eigenvalue weighted by Gasteiger charge is -2.23. The molecule has 3 aromatic rings. The van der Waals surface area contributed by atoms with Gasteiger partial charge in [0.15, 0.2) is 5.82 Å². The van der Waals surface area contributed by atoms with E-state index in [9.17, 15) is 29.6 Å². The maximum Gasteiger partial charge on any atom is 0.326 e. The first-order chi connectivity index (χ1) is 20.9. The van der Waals surface area contributed by atoms with Crippen LogP contribution in [0.2, 0.25) is 0 Å². The van der Waals surface area contributed by atoms with Crippen molar-refractivity contribution in [3.63, 3.8) is 0 Å². The molecule has 0 saturated heterocycles. The zero-order valence-corrected chi connectivity index (χ0v) is 24.9. The van der Waals surface area contributed by atoms with Crippen molar-refractivity contribution in [2.24, 2.45) is 5.92 Å². The third-order valence-electron chi connectivity index (χ3n) is 6.89. The molecule has 0 fully saturated rings. The number of nitrogens with zero attached hydrogens (tertiary/aromatic N) is 1. The van der Waals surface area contributed by atoms with E-state index in [4.69, 9.17) is 5.11 Å². The topological polar surface area (TPSA) is 171 Å². The lowest BCUT2D eigenvalue weighted by atomic mass is 9.89. The van der Waals surface area contributed by atoms with Crippen molar-refractivity contribution in [3.8, 4) is 0 Å². The minimum absolute atomic E-state index is 0.00248. The van der Waals surface area contributed by atoms with Crippen LogP contribution in [0.25, 0.3) is 0 Å². The monoisotopic (exact) mass is 602 g/mol. The molecule has 2 atom stereocenters. The smallest absolute Gasteiger partial charge is 0.326 e. The largest absolute Gasteiger partial charge is 0.481 e. The van der Waals surface area contributed by atoms with Gasteiger partial charge in [0, 0.05) is 24.2 Å². The van der Waals surface area contributed by atoms with Gasteiger partial charge in [-0.1, -0.05) is 67.9 Å². The predicted octanol–water partition coefficient (Wildman–Crippen LogP) is 5.55. The van der Waals surface area contributed by atoms with Crippen LogP contribution in [0.5, 0.6) is 0 Å². The SMILES string of the molecule is Cc1ccc(NC(=C[N+](=O)[O-])Nc2ccc(C(CC(C)C)C(=O)NC(Cc3ccc(CCC(=O)O)cc3)C(=O)O)cc2)cc1. The minimum Gasteiger partial charge on any atom is -0.481 e. The summed E-state index contributed by atoms with van der Waals surface area (Å²) < 4.78 is 0. The number of hydrogen-bond donors (Lipinski definition) is 5. The Hall–Kier alpha value is -5.19. The van der Waals surface area contributed by atoms with Crippen LogP contribution < -0.4 is 16.0 Å². The number of carboxylic acids is 2. The van der Waals surface area contributed by atoms with Crippen LogP contribution in [-0.2, 0) is 27.2 Å². The number of carbonyl (C=O) groups is 3. The van der Waals surface area contributed by atoms with Gasteiger partial charge in [-0.3, -0.25) is 19.7 Å². The van der Waals surface area contributed by atoms with Crippen molar-refractivity contribution >= 4 is 29.2 Å². The summed E-state index contributed by atoms with van der Waals surface area (Å²) >= 11 is 0. The third kappa shape index (κ3) is 10.9. The Morgan fingerprint density at radius 1 is 0.864 bits per heavy atom. The first-order valence-corrected chi connectivity index (χ1v) is 14.3. The molecule has 0 aliphatic carbocycles. The van der Waals surface area contributed by atoms with Crippen molar-refractivity contribution in [3.05, 3.63) is 117 Å². The molecule has 3 aromatic carbocycles. The van der Waals surface area contributed by atoms with Crippen molar-refractivity contribution in [2.45, 2.75) is 58.4 Å². The fraction of sp³-hybridized carbons (Fsp3) is 0.303. The molecule has 0 heterocycles. The van der Waals surface area contributed by atoms with Crippen molar-refractivity contribution in [1.29, 1.82) is 0 Å². The summed E-state index contributed by atoms with van der Waals surface area (Å²) in [6, 6.07) is 20.2. The Bertz CT molecular complexity index is 1470. The summed E-state index contributed by atoms with van der Waals surface area (Å²) in [6.45, 7) is 5.89. The van der Waals surface area contributed by atoms with Gasteiger partial charge in [-0.05, 0) is 66.6 Å². The molecule has 0 aliphatic heterocycles. The Morgan fingerprint density at radius 2 is 1.41 bits per heavy atom. The highest BCUT2D eigenvalue weighted by molar-refractivity contribution is 5.88. The summed E-state index contributed by atoms with van der Waals surface area (Å²) in [5.41, 5.74) is 4.49. The molecule has 44 heavy (non-hydrogen) atoms. The van der Waals surface area contributed by atoms with E-state index in [2.05, 4.69) is 16.0 Å². The van der Waals surface area contributed by atoms with E-state index in [1.807, 2.05) is 45.0 Å². The zero-order chi connectivity index (χ0) is 32.2. The second-order valence-corrected chi connectivity index (χ2v) is 11.1. The van der Waals surface area contributed by atoms with Crippen LogP contribution in [0.4, 0.5) is 11.4 Å². The summed E-state index contributed by atoms with van der Waals surface area (Å²) in [4.78, 5) is 47.0. The molecule has 5 N–H and O–H groups in total. The van der Waals surface area contributed by atoms with Crippen LogP contribution in [0, 0.1) is 23.0 Å². The number of amides is 1. The molecule has 0 bridgehead atoms. The number of nitro groups is 1. The van der Waals surface area contributed by atoms with E-state index in [0.717, 1.165) is 17.3 Å². The van der Waals surface area contributed by atoms with Crippen LogP contribution in [0.15, 0.2) is 84.8 Å². The van der Waals surface area contributed by atoms with E-state index >= 15 is 0 Å². The molecule has 11 heteroatoms. The number of nitrogens with one attached hydrogen (secondary N) is 3. The molecule has 11 nitrogen and oxygen atoms in total. The van der Waals surface area contributed by atoms with E-state index in [0.29, 0.717) is 35.3 Å². The number of carbonyl (C=O) groups excluding carboxylic acids is 1. The number of aliphatic carboxylic acids is 2. The molecular formula is C33H38N4O7. The highest BCUT2D eigenvalue weighted by atomic mass is 16.6. The van der Waals surface area contributed by atoms with E-state index in [1.54, 1.807) is 48.5 Å². The maximum atomic E-state index is 13.5. The van der Waals surface area contributed by atoms with Gasteiger partial charge in [0.05, 0.1) is 10.8 Å². The van der Waals surface area contributed by atoms with Gasteiger partial charge in [-0.15, -0.1) is 0 Å². The highest BCUT2D eigenvalue weighted by Gasteiger charge is 2.27. The van der Waals surface area contributed by atoms with Crippen LogP contribution >= 0.6 is 0 Å². The maximum absolute atomic E-state index is 13.5. The van der Waals surface area contributed by atoms with Gasteiger partial charge in [0.25, 0.3) is 6.20 Å². The normalized spacial score (nSPS) is 12.7. The average molecular weight is 603 g/mol. The fourth-order valence-electron chi connectivity index (χ4n) is 4.62. The predicted molar refractivity (Wildman–Crippen MR) is 168 cm³/mol. The van der Waals surface area contributed by atoms with Crippen LogP contribution in [0.1, 0.15) is 54.9 Å². The van der Waals surface area contributed by atoms with Crippen molar-refractivity contribution < 1.29 is 29.5 Å². The Morgan fingerprint density at radius 3 is 1.91 bits per heavy atom. The van der Waals surface area contributed by atoms with Gasteiger partial charge in [0.1, 0.15) is 6.04 Å². The van der Waals surface area contributed by atoms with Gasteiger partial charge in [-0.25, -0.2) is 4.79 Å². The molecular weight excluding hydrogens is 564 g/mol. The molecule has 3 rings (SSSR count). The van der Waals surface area contributed by atoms with Gasteiger partial charge < -0.3 is 26.2 Å². The molecule has 0 aromatic heterocycles. The van der Waals surface area contributed by atoms with Crippen LogP contribution in [-0.4, -0.2) is 39.0 Å². The summed E-state index contributed by atoms with van der Waals surface area (Å²) in [5, 5.41) is 38.7. The van der Waals surface area contributed by atoms with E-state index in [-0.39, 0.29) is 24.6 Å². The first kappa shape index (κ1) is 33.3. The Balaban J connectivity index is 1.73. The molecule has 232 valence electrons. The first-order valence-electron chi connectivity index (χ1n) is 14.3. The average Bonchev–Trinajstić information content (AvgIpc) is 2.96. The summed E-state index contributed by atoms with van der Waals surface area (Å²) in [5.74, 6) is -2.80. The number of rotatable bonds is 16. The second kappa shape index (κ2) is 15.9. The van der Waals surface area contributed by atoms with Gasteiger partial charge >= 0.3 is 11.9 Å². The van der Waals surface area contributed by atoms with Crippen LogP contribution in [0.3, 0.4) is 0 Å². The zero-order valence-electron chi connectivity index (χ0n) is 24.9. The van der Waals surface area contributed by atoms with E-state index in [1.165, 1.54) is 0 Å².